The van der Waals surface area contributed by atoms with Crippen molar-refractivity contribution in [3.8, 4) is 0 Å². The third-order valence-corrected chi connectivity index (χ3v) is 3.79. The first-order valence-corrected chi connectivity index (χ1v) is 7.05. The molecule has 0 aromatic heterocycles. The number of hydrogen-bond donors (Lipinski definition) is 1. The molecule has 2 saturated carbocycles. The van der Waals surface area contributed by atoms with Crippen molar-refractivity contribution in [2.45, 2.75) is 78.3 Å². The number of rotatable bonds is 5. The number of hydrogen-bond acceptors (Lipinski definition) is 1. The second kappa shape index (κ2) is 4.01. The maximum atomic E-state index is 3.97. The predicted molar refractivity (Wildman–Crippen MR) is 70.5 cm³/mol. The summed E-state index contributed by atoms with van der Waals surface area (Å²) in [5.41, 5.74) is 0.724. The first-order valence-electron chi connectivity index (χ1n) is 7.05. The molecule has 0 bridgehead atoms. The Morgan fingerprint density at radius 3 is 1.69 bits per heavy atom. The van der Waals surface area contributed by atoms with Gasteiger partial charge in [-0.05, 0) is 63.2 Å². The summed E-state index contributed by atoms with van der Waals surface area (Å²) < 4.78 is 0. The van der Waals surface area contributed by atoms with Gasteiger partial charge in [0.25, 0.3) is 0 Å². The molecule has 1 N–H and O–H groups in total. The van der Waals surface area contributed by atoms with Crippen LogP contribution in [0.15, 0.2) is 0 Å². The van der Waals surface area contributed by atoms with Crippen LogP contribution < -0.4 is 5.32 Å². The highest BCUT2D eigenvalue weighted by atomic mass is 15.0. The van der Waals surface area contributed by atoms with Crippen LogP contribution in [0.25, 0.3) is 0 Å². The van der Waals surface area contributed by atoms with Crippen LogP contribution in [0.1, 0.15) is 66.7 Å². The Morgan fingerprint density at radius 1 is 0.938 bits per heavy atom. The summed E-state index contributed by atoms with van der Waals surface area (Å²) in [7, 11) is 0. The van der Waals surface area contributed by atoms with E-state index in [1.54, 1.807) is 0 Å². The summed E-state index contributed by atoms with van der Waals surface area (Å²) >= 11 is 0. The minimum atomic E-state index is 0.300. The third-order valence-electron chi connectivity index (χ3n) is 3.79. The molecule has 0 atom stereocenters. The van der Waals surface area contributed by atoms with Gasteiger partial charge in [-0.3, -0.25) is 0 Å². The highest BCUT2D eigenvalue weighted by molar-refractivity contribution is 5.00. The second-order valence-electron chi connectivity index (χ2n) is 7.97. The first kappa shape index (κ1) is 12.4. The standard InChI is InChI=1S/C15H29N/c1-14(2,3)10-15(4,5)16-13(11-6-7-11)12-8-9-12/h11-13,16H,6-10H2,1-5H3. The molecule has 2 aliphatic carbocycles. The van der Waals surface area contributed by atoms with Crippen molar-refractivity contribution in [3.63, 3.8) is 0 Å². The molecule has 0 aromatic carbocycles. The fourth-order valence-electron chi connectivity index (χ4n) is 3.36. The summed E-state index contributed by atoms with van der Waals surface area (Å²) in [6, 6.07) is 0.831. The van der Waals surface area contributed by atoms with Gasteiger partial charge in [-0.25, -0.2) is 0 Å². The lowest BCUT2D eigenvalue weighted by molar-refractivity contribution is 0.206. The second-order valence-corrected chi connectivity index (χ2v) is 7.97. The van der Waals surface area contributed by atoms with E-state index in [0.29, 0.717) is 11.0 Å². The average molecular weight is 223 g/mol. The molecule has 94 valence electrons. The molecule has 0 aromatic rings. The van der Waals surface area contributed by atoms with Crippen molar-refractivity contribution >= 4 is 0 Å². The SMILES string of the molecule is CC(C)(C)CC(C)(C)NC(C1CC1)C1CC1. The van der Waals surface area contributed by atoms with Gasteiger partial charge in [0.15, 0.2) is 0 Å². The largest absolute Gasteiger partial charge is 0.308 e. The van der Waals surface area contributed by atoms with Crippen molar-refractivity contribution < 1.29 is 0 Å². The van der Waals surface area contributed by atoms with Crippen LogP contribution >= 0.6 is 0 Å². The zero-order valence-corrected chi connectivity index (χ0v) is 11.8. The molecule has 16 heavy (non-hydrogen) atoms. The van der Waals surface area contributed by atoms with Crippen molar-refractivity contribution in [3.05, 3.63) is 0 Å². The molecule has 0 radical (unpaired) electrons. The van der Waals surface area contributed by atoms with Gasteiger partial charge in [-0.2, -0.15) is 0 Å². The van der Waals surface area contributed by atoms with Crippen molar-refractivity contribution in [1.29, 1.82) is 0 Å². The quantitative estimate of drug-likeness (QED) is 0.743. The van der Waals surface area contributed by atoms with Crippen LogP contribution in [0, 0.1) is 17.3 Å². The Hall–Kier alpha value is -0.0400. The van der Waals surface area contributed by atoms with E-state index in [1.807, 2.05) is 0 Å². The Bertz CT molecular complexity index is 229. The maximum absolute atomic E-state index is 3.97. The van der Waals surface area contributed by atoms with E-state index in [1.165, 1.54) is 32.1 Å². The van der Waals surface area contributed by atoms with Crippen LogP contribution in [0.2, 0.25) is 0 Å². The van der Waals surface area contributed by atoms with Gasteiger partial charge in [-0.1, -0.05) is 20.8 Å². The lowest BCUT2D eigenvalue weighted by Crippen LogP contribution is -2.49. The molecule has 0 spiro atoms. The highest BCUT2D eigenvalue weighted by Gasteiger charge is 2.43. The van der Waals surface area contributed by atoms with E-state index in [2.05, 4.69) is 39.9 Å². The van der Waals surface area contributed by atoms with Crippen LogP contribution in [-0.2, 0) is 0 Å². The van der Waals surface area contributed by atoms with Gasteiger partial charge >= 0.3 is 0 Å². The molecule has 2 aliphatic rings. The van der Waals surface area contributed by atoms with Gasteiger partial charge < -0.3 is 5.32 Å². The Labute approximate surface area is 101 Å². The van der Waals surface area contributed by atoms with E-state index in [9.17, 15) is 0 Å². The summed E-state index contributed by atoms with van der Waals surface area (Å²) in [5.74, 6) is 2.01. The Kier molecular flexibility index (Phi) is 3.11. The van der Waals surface area contributed by atoms with Crippen LogP contribution in [0.3, 0.4) is 0 Å². The Balaban J connectivity index is 1.89. The van der Waals surface area contributed by atoms with Gasteiger partial charge in [-0.15, -0.1) is 0 Å². The van der Waals surface area contributed by atoms with Gasteiger partial charge in [0.2, 0.25) is 0 Å². The molecular weight excluding hydrogens is 194 g/mol. The predicted octanol–water partition coefficient (Wildman–Crippen LogP) is 3.98. The smallest absolute Gasteiger partial charge is 0.0132 e. The topological polar surface area (TPSA) is 12.0 Å². The fraction of sp³-hybridized carbons (Fsp3) is 1.00. The number of nitrogens with one attached hydrogen (secondary N) is 1. The van der Waals surface area contributed by atoms with Crippen molar-refractivity contribution in [2.24, 2.45) is 17.3 Å². The van der Waals surface area contributed by atoms with Crippen LogP contribution in [-0.4, -0.2) is 11.6 Å². The zero-order valence-electron chi connectivity index (χ0n) is 11.8. The van der Waals surface area contributed by atoms with E-state index in [0.717, 1.165) is 17.9 Å². The van der Waals surface area contributed by atoms with Crippen molar-refractivity contribution in [1.82, 2.24) is 5.32 Å². The van der Waals surface area contributed by atoms with Crippen LogP contribution in [0.5, 0.6) is 0 Å². The fourth-order valence-corrected chi connectivity index (χ4v) is 3.36. The van der Waals surface area contributed by atoms with Crippen molar-refractivity contribution in [2.75, 3.05) is 0 Å². The first-order chi connectivity index (χ1) is 7.27. The minimum absolute atomic E-state index is 0.300. The maximum Gasteiger partial charge on any atom is 0.0132 e. The van der Waals surface area contributed by atoms with E-state index >= 15 is 0 Å². The van der Waals surface area contributed by atoms with Gasteiger partial charge in [0, 0.05) is 11.6 Å². The molecule has 0 amide bonds. The molecule has 0 saturated heterocycles. The highest BCUT2D eigenvalue weighted by Crippen LogP contribution is 2.45. The van der Waals surface area contributed by atoms with Crippen LogP contribution in [0.4, 0.5) is 0 Å². The molecule has 1 heteroatoms. The molecular formula is C15H29N. The third kappa shape index (κ3) is 3.76. The molecule has 0 heterocycles. The molecule has 1 nitrogen and oxygen atoms in total. The minimum Gasteiger partial charge on any atom is -0.308 e. The van der Waals surface area contributed by atoms with Gasteiger partial charge in [0.05, 0.1) is 0 Å². The summed E-state index contributed by atoms with van der Waals surface area (Å²) in [5, 5.41) is 3.97. The summed E-state index contributed by atoms with van der Waals surface area (Å²) in [6.45, 7) is 11.8. The summed E-state index contributed by atoms with van der Waals surface area (Å²) in [6.07, 6.45) is 7.15. The van der Waals surface area contributed by atoms with E-state index in [4.69, 9.17) is 0 Å². The average Bonchev–Trinajstić information content (AvgIpc) is 2.92. The normalized spacial score (nSPS) is 22.9. The lowest BCUT2D eigenvalue weighted by Gasteiger charge is -2.37. The van der Waals surface area contributed by atoms with E-state index in [-0.39, 0.29) is 0 Å². The molecule has 2 fully saturated rings. The van der Waals surface area contributed by atoms with Gasteiger partial charge in [0.1, 0.15) is 0 Å². The van der Waals surface area contributed by atoms with E-state index < -0.39 is 0 Å². The monoisotopic (exact) mass is 223 g/mol. The molecule has 0 unspecified atom stereocenters. The zero-order chi connectivity index (χ0) is 12.0. The molecule has 0 aliphatic heterocycles. The Morgan fingerprint density at radius 2 is 1.38 bits per heavy atom. The lowest BCUT2D eigenvalue weighted by atomic mass is 9.81. The molecule has 2 rings (SSSR count). The summed E-state index contributed by atoms with van der Waals surface area (Å²) in [4.78, 5) is 0.